The Morgan fingerprint density at radius 3 is 2.48 bits per heavy atom. The normalized spacial score (nSPS) is 27.4. The van der Waals surface area contributed by atoms with Crippen LogP contribution in [0.25, 0.3) is 0 Å². The van der Waals surface area contributed by atoms with E-state index in [0.29, 0.717) is 31.1 Å². The third-order valence-corrected chi connectivity index (χ3v) is 9.89. The van der Waals surface area contributed by atoms with Crippen molar-refractivity contribution >= 4 is 24.9 Å². The lowest BCUT2D eigenvalue weighted by molar-refractivity contribution is -0.525. The van der Waals surface area contributed by atoms with E-state index in [-0.39, 0.29) is 60.0 Å². The van der Waals surface area contributed by atoms with E-state index in [1.165, 1.54) is 5.57 Å². The fraction of sp³-hybridized carbons (Fsp3) is 0.839. The predicted octanol–water partition coefficient (Wildman–Crippen LogP) is 3.92. The van der Waals surface area contributed by atoms with Crippen molar-refractivity contribution in [2.75, 3.05) is 6.54 Å². The Balaban J connectivity index is 1.69. The van der Waals surface area contributed by atoms with Crippen LogP contribution < -0.4 is 21.8 Å². The molecule has 0 unspecified atom stereocenters. The molecule has 0 aromatic carbocycles. The van der Waals surface area contributed by atoms with Gasteiger partial charge in [0.25, 0.3) is 5.96 Å². The first-order chi connectivity index (χ1) is 20.5. The zero-order valence-electron chi connectivity index (χ0n) is 28.0. The van der Waals surface area contributed by atoms with E-state index in [9.17, 15) is 19.7 Å². The molecule has 4 fully saturated rings. The molecule has 7 atom stereocenters. The highest BCUT2D eigenvalue weighted by Crippen LogP contribution is 2.65. The number of nitrogens with two attached hydrogens (primary N) is 1. The molecule has 3 aliphatic carbocycles. The molecule has 5 N–H and O–H groups in total. The quantitative estimate of drug-likeness (QED) is 0.0384. The van der Waals surface area contributed by atoms with Crippen molar-refractivity contribution < 1.29 is 23.9 Å². The number of hydrogen-bond acceptors (Lipinski definition) is 7. The molecule has 44 heavy (non-hydrogen) atoms. The van der Waals surface area contributed by atoms with Gasteiger partial charge in [-0.15, -0.1) is 0 Å². The van der Waals surface area contributed by atoms with Gasteiger partial charge in [0.1, 0.15) is 6.04 Å². The number of nitrogens with one attached hydrogen (secondary N) is 3. The van der Waals surface area contributed by atoms with E-state index >= 15 is 0 Å². The first-order valence-electron chi connectivity index (χ1n) is 16.3. The van der Waals surface area contributed by atoms with Crippen molar-refractivity contribution in [1.82, 2.24) is 16.1 Å². The average molecular weight is 619 g/mol. The molecular formula is C31H55BN6O6. The first kappa shape index (κ1) is 35.8. The standard InChI is InChI=1S/C31H55BN6O6/c1-19(2)11-9-12-21(5)16-27(39)35-23(13-10-14-34-29(33)37-38(41)42)28(40)36-26(15-20(3)4)32-43-25-18-22-17-24(30(22,6)7)31(25,8)44-32/h11,20-26H,9-10,12-18H2,1-8H3,(H,35,39)(H,36,40)(H3,33,34,37)/t21-,22-,23-,24-,25+,26-,31-/m0/s1. The van der Waals surface area contributed by atoms with Gasteiger partial charge in [0.15, 0.2) is 5.03 Å². The van der Waals surface area contributed by atoms with Gasteiger partial charge < -0.3 is 25.7 Å². The van der Waals surface area contributed by atoms with E-state index in [1.54, 1.807) is 0 Å². The van der Waals surface area contributed by atoms with Gasteiger partial charge in [-0.05, 0) is 94.8 Å². The first-order valence-corrected chi connectivity index (χ1v) is 16.3. The summed E-state index contributed by atoms with van der Waals surface area (Å²) < 4.78 is 13.2. The van der Waals surface area contributed by atoms with Gasteiger partial charge in [0, 0.05) is 13.0 Å². The second kappa shape index (κ2) is 15.1. The molecule has 2 amide bonds. The van der Waals surface area contributed by atoms with Gasteiger partial charge in [-0.2, -0.15) is 0 Å². The van der Waals surface area contributed by atoms with Crippen molar-refractivity contribution in [3.63, 3.8) is 0 Å². The molecule has 4 rings (SSSR count). The number of nitrogens with zero attached hydrogens (tertiary/aromatic N) is 2. The molecule has 0 spiro atoms. The molecule has 4 aliphatic rings. The summed E-state index contributed by atoms with van der Waals surface area (Å²) in [5, 5.41) is 15.9. The highest BCUT2D eigenvalue weighted by atomic mass is 16.7. The van der Waals surface area contributed by atoms with E-state index in [4.69, 9.17) is 15.0 Å². The second-order valence-corrected chi connectivity index (χ2v) is 14.6. The molecule has 1 aliphatic heterocycles. The zero-order chi connectivity index (χ0) is 32.8. The van der Waals surface area contributed by atoms with E-state index in [1.807, 2.05) is 12.3 Å². The number of carbonyl (C=O) groups excluding carboxylic acids is 2. The SMILES string of the molecule is CC(C)=CCC[C@H](C)CC(=O)N[C@@H](CCCN=C(N)N[N+](=O)[O-])C(=O)N[C@@H](CC(C)C)B1O[C@@H]2C[C@@H]3C[C@@H](C3(C)C)[C@]2(C)O1. The molecule has 12 nitrogen and oxygen atoms in total. The molecule has 0 radical (unpaired) electrons. The molecular weight excluding hydrogens is 563 g/mol. The number of guanidine groups is 1. The summed E-state index contributed by atoms with van der Waals surface area (Å²) in [5.74, 6) is 0.254. The number of amides is 2. The average Bonchev–Trinajstić information content (AvgIpc) is 3.26. The van der Waals surface area contributed by atoms with Crippen LogP contribution in [-0.2, 0) is 18.9 Å². The van der Waals surface area contributed by atoms with Gasteiger partial charge in [0.2, 0.25) is 11.8 Å². The topological polar surface area (TPSA) is 170 Å². The predicted molar refractivity (Wildman–Crippen MR) is 172 cm³/mol. The maximum atomic E-state index is 13.8. The van der Waals surface area contributed by atoms with Gasteiger partial charge in [-0.25, -0.2) is 15.1 Å². The van der Waals surface area contributed by atoms with Gasteiger partial charge >= 0.3 is 7.12 Å². The summed E-state index contributed by atoms with van der Waals surface area (Å²) in [7, 11) is -0.574. The molecule has 13 heteroatoms. The van der Waals surface area contributed by atoms with E-state index in [2.05, 4.69) is 70.2 Å². The summed E-state index contributed by atoms with van der Waals surface area (Å²) in [5.41, 5.74) is 8.40. The zero-order valence-corrected chi connectivity index (χ0v) is 28.0. The highest BCUT2D eigenvalue weighted by molar-refractivity contribution is 6.48. The van der Waals surface area contributed by atoms with Crippen molar-refractivity contribution in [1.29, 1.82) is 0 Å². The fourth-order valence-corrected chi connectivity index (χ4v) is 7.32. The van der Waals surface area contributed by atoms with E-state index < -0.39 is 23.8 Å². The van der Waals surface area contributed by atoms with Crippen LogP contribution in [0.5, 0.6) is 0 Å². The Labute approximate surface area is 263 Å². The molecule has 0 aromatic rings. The molecule has 1 saturated heterocycles. The number of nitro groups is 1. The number of hydrogen-bond donors (Lipinski definition) is 4. The van der Waals surface area contributed by atoms with Crippen molar-refractivity contribution in [3.8, 4) is 0 Å². The lowest BCUT2D eigenvalue weighted by Crippen LogP contribution is -2.65. The summed E-state index contributed by atoms with van der Waals surface area (Å²) in [6, 6.07) is -0.812. The van der Waals surface area contributed by atoms with Crippen LogP contribution in [-0.4, -0.2) is 60.2 Å². The Hall–Kier alpha value is -2.67. The van der Waals surface area contributed by atoms with Crippen LogP contribution in [0.1, 0.15) is 107 Å². The minimum Gasteiger partial charge on any atom is -0.404 e. The van der Waals surface area contributed by atoms with Crippen LogP contribution in [0, 0.1) is 39.2 Å². The summed E-state index contributed by atoms with van der Waals surface area (Å²) >= 11 is 0. The van der Waals surface area contributed by atoms with Crippen LogP contribution in [0.2, 0.25) is 0 Å². The molecule has 2 bridgehead atoms. The lowest BCUT2D eigenvalue weighted by atomic mass is 9.43. The molecule has 3 saturated carbocycles. The maximum absolute atomic E-state index is 13.8. The van der Waals surface area contributed by atoms with Crippen LogP contribution in [0.15, 0.2) is 16.6 Å². The molecule has 0 aromatic heterocycles. The van der Waals surface area contributed by atoms with Crippen molar-refractivity contribution in [2.24, 2.45) is 39.8 Å². The van der Waals surface area contributed by atoms with Gasteiger partial charge in [0.05, 0.1) is 17.6 Å². The highest BCUT2D eigenvalue weighted by Gasteiger charge is 2.68. The smallest absolute Gasteiger partial charge is 0.404 e. The van der Waals surface area contributed by atoms with Crippen LogP contribution >= 0.6 is 0 Å². The summed E-state index contributed by atoms with van der Waals surface area (Å²) in [6.07, 6.45) is 7.67. The van der Waals surface area contributed by atoms with E-state index in [0.717, 1.165) is 25.7 Å². The van der Waals surface area contributed by atoms with Gasteiger partial charge in [-0.3, -0.25) is 9.59 Å². The minimum atomic E-state index is -0.812. The Kier molecular flexibility index (Phi) is 12.3. The lowest BCUT2D eigenvalue weighted by Gasteiger charge is -2.64. The third kappa shape index (κ3) is 9.18. The number of allylic oxidation sites excluding steroid dienone is 2. The third-order valence-electron chi connectivity index (χ3n) is 9.89. The Bertz CT molecular complexity index is 1100. The number of carbonyl (C=O) groups is 2. The van der Waals surface area contributed by atoms with Crippen molar-refractivity contribution in [3.05, 3.63) is 21.8 Å². The Morgan fingerprint density at radius 1 is 1.16 bits per heavy atom. The monoisotopic (exact) mass is 618 g/mol. The Morgan fingerprint density at radius 2 is 1.86 bits per heavy atom. The van der Waals surface area contributed by atoms with Crippen LogP contribution in [0.4, 0.5) is 0 Å². The second-order valence-electron chi connectivity index (χ2n) is 14.6. The number of rotatable bonds is 16. The largest absolute Gasteiger partial charge is 0.481 e. The number of aliphatic imine (C=N–C) groups is 1. The van der Waals surface area contributed by atoms with Gasteiger partial charge in [-0.1, -0.05) is 51.7 Å². The summed E-state index contributed by atoms with van der Waals surface area (Å²) in [4.78, 5) is 41.4. The number of hydrazine groups is 1. The minimum absolute atomic E-state index is 0.00439. The summed E-state index contributed by atoms with van der Waals surface area (Å²) in [6.45, 7) is 17.3. The maximum Gasteiger partial charge on any atom is 0.481 e. The van der Waals surface area contributed by atoms with Crippen molar-refractivity contribution in [2.45, 2.75) is 130 Å². The molecule has 248 valence electrons. The van der Waals surface area contributed by atoms with Crippen LogP contribution in [0.3, 0.4) is 0 Å². The molecule has 1 heterocycles. The fourth-order valence-electron chi connectivity index (χ4n) is 7.32.